The molecule has 0 spiro atoms. The van der Waals surface area contributed by atoms with Crippen LogP contribution < -0.4 is 5.32 Å². The Morgan fingerprint density at radius 1 is 0.919 bits per heavy atom. The Morgan fingerprint density at radius 2 is 1.54 bits per heavy atom. The molecule has 0 aromatic heterocycles. The van der Waals surface area contributed by atoms with Gasteiger partial charge in [-0.2, -0.15) is 0 Å². The first-order valence-corrected chi connectivity index (χ1v) is 13.7. The molecule has 1 unspecified atom stereocenters. The van der Waals surface area contributed by atoms with Crippen molar-refractivity contribution in [2.24, 2.45) is 5.92 Å². The summed E-state index contributed by atoms with van der Waals surface area (Å²) in [6.45, 7) is 11.3. The Balaban J connectivity index is 2.47. The van der Waals surface area contributed by atoms with E-state index in [4.69, 9.17) is 9.47 Å². The molecule has 0 aliphatic heterocycles. The fourth-order valence-electron chi connectivity index (χ4n) is 3.79. The molecule has 0 amide bonds. The third-order valence-corrected chi connectivity index (χ3v) is 5.65. The van der Waals surface area contributed by atoms with Crippen LogP contribution in [0.3, 0.4) is 0 Å². The van der Waals surface area contributed by atoms with E-state index < -0.39 is 29.2 Å². The summed E-state index contributed by atoms with van der Waals surface area (Å²) in [5, 5.41) is 3.32. The maximum atomic E-state index is 13.1. The highest BCUT2D eigenvalue weighted by atomic mass is 16.6. The molecule has 0 saturated heterocycles. The van der Waals surface area contributed by atoms with Gasteiger partial charge in [0.2, 0.25) is 5.92 Å². The van der Waals surface area contributed by atoms with E-state index in [2.05, 4.69) is 24.0 Å². The van der Waals surface area contributed by atoms with Crippen molar-refractivity contribution in [2.45, 2.75) is 97.5 Å². The van der Waals surface area contributed by atoms with E-state index in [9.17, 15) is 14.4 Å². The zero-order valence-electron chi connectivity index (χ0n) is 23.4. The first kappa shape index (κ1) is 32.1. The molecule has 0 aliphatic carbocycles. The second-order valence-corrected chi connectivity index (χ2v) is 10.2. The van der Waals surface area contributed by atoms with Gasteiger partial charge in [0.1, 0.15) is 5.60 Å². The van der Waals surface area contributed by atoms with Crippen molar-refractivity contribution < 1.29 is 23.9 Å². The first-order chi connectivity index (χ1) is 17.7. The summed E-state index contributed by atoms with van der Waals surface area (Å²) in [5.74, 6) is -4.06. The van der Waals surface area contributed by atoms with Gasteiger partial charge in [-0.05, 0) is 78.4 Å². The molecule has 206 valence electrons. The van der Waals surface area contributed by atoms with Crippen LogP contribution in [-0.4, -0.2) is 36.5 Å². The van der Waals surface area contributed by atoms with Crippen molar-refractivity contribution in [1.29, 1.82) is 0 Å². The molecule has 6 nitrogen and oxygen atoms in total. The maximum Gasteiger partial charge on any atom is 0.328 e. The average molecular weight is 514 g/mol. The molecule has 1 aromatic carbocycles. The van der Waals surface area contributed by atoms with Crippen molar-refractivity contribution in [3.8, 4) is 0 Å². The van der Waals surface area contributed by atoms with Crippen LogP contribution in [0, 0.1) is 5.92 Å². The van der Waals surface area contributed by atoms with Gasteiger partial charge in [0.15, 0.2) is 5.78 Å². The molecule has 0 saturated carbocycles. The number of hydrogen-bond acceptors (Lipinski definition) is 6. The number of allylic oxidation sites excluding steroid dienone is 3. The van der Waals surface area contributed by atoms with Crippen LogP contribution in [-0.2, 0) is 19.1 Å². The lowest BCUT2D eigenvalue weighted by atomic mass is 9.97. The van der Waals surface area contributed by atoms with Crippen LogP contribution in [0.5, 0.6) is 0 Å². The normalized spacial score (nSPS) is 12.2. The number of esters is 2. The monoisotopic (exact) mass is 513 g/mol. The number of ether oxygens (including phenoxy) is 2. The van der Waals surface area contributed by atoms with Crippen molar-refractivity contribution in [2.75, 3.05) is 18.5 Å². The standard InChI is InChI=1S/C31H47NO5/c1-6-8-9-10-11-12-13-14-15-16-17-18-19-23-32-26-22-20-21-25(24-26)28(33)27(29(34)36-7-2)30(35)37-31(3,4)5/h6,16-17,20-22,24,27,32H,1,7-15,18-19,23H2,2-5H3. The van der Waals surface area contributed by atoms with Gasteiger partial charge in [-0.15, -0.1) is 6.58 Å². The molecular formula is C31H47NO5. The highest BCUT2D eigenvalue weighted by Gasteiger charge is 2.39. The lowest BCUT2D eigenvalue weighted by molar-refractivity contribution is -0.166. The number of nitrogens with one attached hydrogen (secondary N) is 1. The number of benzene rings is 1. The van der Waals surface area contributed by atoms with Gasteiger partial charge >= 0.3 is 11.9 Å². The van der Waals surface area contributed by atoms with Gasteiger partial charge in [0.25, 0.3) is 0 Å². The molecule has 0 bridgehead atoms. The fraction of sp³-hybridized carbons (Fsp3) is 0.581. The van der Waals surface area contributed by atoms with Gasteiger partial charge in [-0.1, -0.05) is 56.0 Å². The highest BCUT2D eigenvalue weighted by Crippen LogP contribution is 2.20. The summed E-state index contributed by atoms with van der Waals surface area (Å²) in [7, 11) is 0. The molecule has 0 fully saturated rings. The third kappa shape index (κ3) is 14.4. The summed E-state index contributed by atoms with van der Waals surface area (Å²) in [4.78, 5) is 38.1. The van der Waals surface area contributed by atoms with Crippen LogP contribution >= 0.6 is 0 Å². The Hall–Kier alpha value is -2.89. The Kier molecular flexibility index (Phi) is 16.0. The predicted molar refractivity (Wildman–Crippen MR) is 151 cm³/mol. The second-order valence-electron chi connectivity index (χ2n) is 10.2. The predicted octanol–water partition coefficient (Wildman–Crippen LogP) is 7.45. The fourth-order valence-corrected chi connectivity index (χ4v) is 3.79. The van der Waals surface area contributed by atoms with Gasteiger partial charge in [-0.25, -0.2) is 0 Å². The number of carbonyl (C=O) groups is 3. The van der Waals surface area contributed by atoms with Gasteiger partial charge in [0.05, 0.1) is 6.61 Å². The van der Waals surface area contributed by atoms with Crippen LogP contribution in [0.2, 0.25) is 0 Å². The summed E-state index contributed by atoms with van der Waals surface area (Å²) >= 11 is 0. The maximum absolute atomic E-state index is 13.1. The molecule has 1 N–H and O–H groups in total. The molecule has 37 heavy (non-hydrogen) atoms. The van der Waals surface area contributed by atoms with Gasteiger partial charge in [-0.3, -0.25) is 14.4 Å². The molecule has 0 aliphatic rings. The minimum atomic E-state index is -1.64. The Bertz CT molecular complexity index is 869. The number of carbonyl (C=O) groups excluding carboxylic acids is 3. The number of anilines is 1. The summed E-state index contributed by atoms with van der Waals surface area (Å²) in [6, 6.07) is 6.84. The number of ketones is 1. The average Bonchev–Trinajstić information content (AvgIpc) is 2.83. The van der Waals surface area contributed by atoms with Gasteiger partial charge in [0, 0.05) is 17.8 Å². The summed E-state index contributed by atoms with van der Waals surface area (Å²) in [6.07, 6.45) is 18.4. The van der Waals surface area contributed by atoms with Crippen molar-refractivity contribution in [3.05, 3.63) is 54.6 Å². The van der Waals surface area contributed by atoms with Crippen LogP contribution in [0.15, 0.2) is 49.1 Å². The SMILES string of the molecule is C=CCCCCCCCCC=CCCCNc1cccc(C(=O)C(C(=O)OCC)C(=O)OC(C)(C)C)c1. The van der Waals surface area contributed by atoms with Crippen LogP contribution in [0.1, 0.15) is 102 Å². The largest absolute Gasteiger partial charge is 0.465 e. The molecule has 0 heterocycles. The van der Waals surface area contributed by atoms with E-state index in [1.165, 1.54) is 38.5 Å². The quantitative estimate of drug-likeness (QED) is 0.0680. The molecule has 6 heteroatoms. The third-order valence-electron chi connectivity index (χ3n) is 5.65. The molecule has 1 rings (SSSR count). The molecular weight excluding hydrogens is 466 g/mol. The van der Waals surface area contributed by atoms with Crippen molar-refractivity contribution >= 4 is 23.4 Å². The van der Waals surface area contributed by atoms with E-state index in [0.717, 1.165) is 37.9 Å². The second kappa shape index (κ2) is 18.4. The zero-order chi connectivity index (χ0) is 27.5. The summed E-state index contributed by atoms with van der Waals surface area (Å²) in [5.41, 5.74) is 0.190. The number of Topliss-reactive ketones (excluding diaryl/α,β-unsaturated/α-hetero) is 1. The molecule has 0 radical (unpaired) electrons. The van der Waals surface area contributed by atoms with Crippen molar-refractivity contribution in [1.82, 2.24) is 0 Å². The van der Waals surface area contributed by atoms with Crippen LogP contribution in [0.25, 0.3) is 0 Å². The number of hydrogen-bond donors (Lipinski definition) is 1. The van der Waals surface area contributed by atoms with E-state index in [0.29, 0.717) is 0 Å². The molecule has 1 atom stereocenters. The Morgan fingerprint density at radius 3 is 2.16 bits per heavy atom. The topological polar surface area (TPSA) is 81.7 Å². The lowest BCUT2D eigenvalue weighted by Crippen LogP contribution is -2.38. The number of unbranched alkanes of at least 4 members (excludes halogenated alkanes) is 8. The Labute approximate surface area is 223 Å². The number of rotatable bonds is 19. The van der Waals surface area contributed by atoms with E-state index in [-0.39, 0.29) is 12.2 Å². The molecule has 1 aromatic rings. The van der Waals surface area contributed by atoms with E-state index in [1.54, 1.807) is 45.9 Å². The first-order valence-electron chi connectivity index (χ1n) is 13.7. The van der Waals surface area contributed by atoms with Crippen molar-refractivity contribution in [3.63, 3.8) is 0 Å². The smallest absolute Gasteiger partial charge is 0.328 e. The highest BCUT2D eigenvalue weighted by molar-refractivity contribution is 6.21. The lowest BCUT2D eigenvalue weighted by Gasteiger charge is -2.22. The van der Waals surface area contributed by atoms with E-state index in [1.807, 2.05) is 12.1 Å². The zero-order valence-corrected chi connectivity index (χ0v) is 23.4. The minimum absolute atomic E-state index is 0.0673. The summed E-state index contributed by atoms with van der Waals surface area (Å²) < 4.78 is 10.3. The van der Waals surface area contributed by atoms with Gasteiger partial charge < -0.3 is 14.8 Å². The minimum Gasteiger partial charge on any atom is -0.465 e. The van der Waals surface area contributed by atoms with Crippen LogP contribution in [0.4, 0.5) is 5.69 Å². The van der Waals surface area contributed by atoms with E-state index >= 15 is 0 Å².